The number of unbranched alkanes of at least 4 members (excludes halogenated alkanes) is 26. The van der Waals surface area contributed by atoms with Gasteiger partial charge in [0.05, 0.1) is 0 Å². The molecule has 0 aromatic heterocycles. The van der Waals surface area contributed by atoms with Crippen molar-refractivity contribution in [2.24, 2.45) is 0 Å². The van der Waals surface area contributed by atoms with E-state index in [9.17, 15) is 9.59 Å². The molecule has 0 aromatic carbocycles. The van der Waals surface area contributed by atoms with E-state index in [0.717, 1.165) is 57.8 Å². The van der Waals surface area contributed by atoms with E-state index in [1.54, 1.807) is 0 Å². The van der Waals surface area contributed by atoms with Crippen LogP contribution in [-0.2, 0) is 14.3 Å². The normalized spacial score (nSPS) is 12.4. The molecular formula is C44H82O4. The smallest absolute Gasteiger partial charge is 0.306 e. The lowest BCUT2D eigenvalue weighted by Gasteiger charge is -2.18. The van der Waals surface area contributed by atoms with Crippen LogP contribution in [0, 0.1) is 0 Å². The number of allylic oxidation sites excluding steroid dienone is 4. The molecule has 1 N–H and O–H groups in total. The highest BCUT2D eigenvalue weighted by molar-refractivity contribution is 5.69. The minimum absolute atomic E-state index is 0.0199. The third-order valence-corrected chi connectivity index (χ3v) is 9.68. The predicted molar refractivity (Wildman–Crippen MR) is 209 cm³/mol. The summed E-state index contributed by atoms with van der Waals surface area (Å²) in [6.07, 6.45) is 50.7. The lowest BCUT2D eigenvalue weighted by Crippen LogP contribution is -2.18. The lowest BCUT2D eigenvalue weighted by atomic mass is 10.0. The Balaban J connectivity index is 3.85. The maximum atomic E-state index is 12.7. The third-order valence-electron chi connectivity index (χ3n) is 9.68. The summed E-state index contributed by atoms with van der Waals surface area (Å²) in [4.78, 5) is 23.3. The van der Waals surface area contributed by atoms with Crippen LogP contribution in [0.25, 0.3) is 0 Å². The fourth-order valence-electron chi connectivity index (χ4n) is 6.51. The van der Waals surface area contributed by atoms with E-state index < -0.39 is 5.97 Å². The molecule has 0 saturated heterocycles. The largest absolute Gasteiger partial charge is 0.481 e. The van der Waals surface area contributed by atoms with Gasteiger partial charge in [0.15, 0.2) is 0 Å². The SMILES string of the molecule is CCCCC/C=C\C/C=C\CCCCCCCCCCCCCC(=O)OC(CCCCCCCCC)CCCCCCCCCC(=O)O. The number of hydrogen-bond acceptors (Lipinski definition) is 3. The minimum Gasteiger partial charge on any atom is -0.481 e. The van der Waals surface area contributed by atoms with E-state index in [1.165, 1.54) is 154 Å². The van der Waals surface area contributed by atoms with Crippen molar-refractivity contribution >= 4 is 11.9 Å². The summed E-state index contributed by atoms with van der Waals surface area (Å²) in [5.41, 5.74) is 0. The second-order valence-electron chi connectivity index (χ2n) is 14.5. The van der Waals surface area contributed by atoms with Gasteiger partial charge in [0, 0.05) is 12.8 Å². The molecule has 1 unspecified atom stereocenters. The average molecular weight is 675 g/mol. The molecule has 0 spiro atoms. The minimum atomic E-state index is -0.685. The first-order valence-electron chi connectivity index (χ1n) is 21.3. The summed E-state index contributed by atoms with van der Waals surface area (Å²) in [6, 6.07) is 0. The highest BCUT2D eigenvalue weighted by Gasteiger charge is 2.14. The van der Waals surface area contributed by atoms with Gasteiger partial charge in [0.25, 0.3) is 0 Å². The van der Waals surface area contributed by atoms with Gasteiger partial charge in [-0.05, 0) is 70.6 Å². The van der Waals surface area contributed by atoms with Crippen LogP contribution in [0.1, 0.15) is 239 Å². The van der Waals surface area contributed by atoms with Gasteiger partial charge < -0.3 is 9.84 Å². The average Bonchev–Trinajstić information content (AvgIpc) is 3.07. The molecule has 0 rings (SSSR count). The van der Waals surface area contributed by atoms with Crippen LogP contribution in [0.3, 0.4) is 0 Å². The maximum Gasteiger partial charge on any atom is 0.306 e. The first-order valence-corrected chi connectivity index (χ1v) is 21.3. The van der Waals surface area contributed by atoms with E-state index in [-0.39, 0.29) is 12.1 Å². The number of carboxylic acids is 1. The molecule has 0 aliphatic carbocycles. The lowest BCUT2D eigenvalue weighted by molar-refractivity contribution is -0.150. The molecule has 0 bridgehead atoms. The Morgan fingerprint density at radius 3 is 1.27 bits per heavy atom. The highest BCUT2D eigenvalue weighted by Crippen LogP contribution is 2.19. The summed E-state index contributed by atoms with van der Waals surface area (Å²) >= 11 is 0. The van der Waals surface area contributed by atoms with Crippen LogP contribution < -0.4 is 0 Å². The molecule has 4 nitrogen and oxygen atoms in total. The standard InChI is InChI=1S/C44H82O4/c1-3-5-7-9-11-12-13-14-15-16-17-18-19-20-21-22-23-24-29-33-37-41-44(47)48-42(38-34-30-26-10-8-6-4-2)39-35-31-27-25-28-32-36-40-43(45)46/h11-12,14-15,42H,3-10,13,16-41H2,1-2H3,(H,45,46)/b12-11-,15-14-. The van der Waals surface area contributed by atoms with Gasteiger partial charge in [0.2, 0.25) is 0 Å². The molecule has 4 heteroatoms. The van der Waals surface area contributed by atoms with E-state index >= 15 is 0 Å². The third kappa shape index (κ3) is 38.9. The predicted octanol–water partition coefficient (Wildman–Crippen LogP) is 14.8. The molecule has 0 heterocycles. The van der Waals surface area contributed by atoms with Gasteiger partial charge in [-0.3, -0.25) is 9.59 Å². The van der Waals surface area contributed by atoms with Gasteiger partial charge >= 0.3 is 11.9 Å². The Morgan fingerprint density at radius 2 is 0.812 bits per heavy atom. The van der Waals surface area contributed by atoms with Crippen molar-refractivity contribution in [2.75, 3.05) is 0 Å². The van der Waals surface area contributed by atoms with Gasteiger partial charge in [-0.15, -0.1) is 0 Å². The van der Waals surface area contributed by atoms with Crippen LogP contribution in [0.15, 0.2) is 24.3 Å². The van der Waals surface area contributed by atoms with Crippen molar-refractivity contribution in [2.45, 2.75) is 245 Å². The first-order chi connectivity index (χ1) is 23.6. The molecule has 1 atom stereocenters. The quantitative estimate of drug-likeness (QED) is 0.0400. The number of esters is 1. The highest BCUT2D eigenvalue weighted by atomic mass is 16.5. The van der Waals surface area contributed by atoms with Crippen LogP contribution >= 0.6 is 0 Å². The Morgan fingerprint density at radius 1 is 0.458 bits per heavy atom. The van der Waals surface area contributed by atoms with Gasteiger partial charge in [-0.2, -0.15) is 0 Å². The van der Waals surface area contributed by atoms with Gasteiger partial charge in [-0.25, -0.2) is 0 Å². The molecule has 0 saturated carbocycles. The molecular weight excluding hydrogens is 592 g/mol. The fourth-order valence-corrected chi connectivity index (χ4v) is 6.51. The molecule has 0 fully saturated rings. The monoisotopic (exact) mass is 675 g/mol. The molecule has 0 amide bonds. The van der Waals surface area contributed by atoms with Crippen molar-refractivity contribution in [3.63, 3.8) is 0 Å². The summed E-state index contributed by atoms with van der Waals surface area (Å²) in [6.45, 7) is 4.52. The number of hydrogen-bond donors (Lipinski definition) is 1. The number of carbonyl (C=O) groups is 2. The second kappa shape index (κ2) is 39.9. The Kier molecular flexibility index (Phi) is 38.5. The summed E-state index contributed by atoms with van der Waals surface area (Å²) in [7, 11) is 0. The van der Waals surface area contributed by atoms with Gasteiger partial charge in [0.1, 0.15) is 6.10 Å². The second-order valence-corrected chi connectivity index (χ2v) is 14.5. The van der Waals surface area contributed by atoms with E-state index in [4.69, 9.17) is 9.84 Å². The van der Waals surface area contributed by atoms with E-state index in [2.05, 4.69) is 38.2 Å². The van der Waals surface area contributed by atoms with Gasteiger partial charge in [-0.1, -0.05) is 179 Å². The van der Waals surface area contributed by atoms with Crippen molar-refractivity contribution < 1.29 is 19.4 Å². The van der Waals surface area contributed by atoms with E-state index in [1.807, 2.05) is 0 Å². The van der Waals surface area contributed by atoms with Crippen LogP contribution in [0.4, 0.5) is 0 Å². The molecule has 48 heavy (non-hydrogen) atoms. The van der Waals surface area contributed by atoms with Crippen LogP contribution in [-0.4, -0.2) is 23.1 Å². The molecule has 0 aliphatic heterocycles. The van der Waals surface area contributed by atoms with Crippen LogP contribution in [0.2, 0.25) is 0 Å². The van der Waals surface area contributed by atoms with Crippen LogP contribution in [0.5, 0.6) is 0 Å². The molecule has 282 valence electrons. The summed E-state index contributed by atoms with van der Waals surface area (Å²) in [5, 5.41) is 8.76. The van der Waals surface area contributed by atoms with E-state index in [0.29, 0.717) is 12.8 Å². The van der Waals surface area contributed by atoms with Crippen molar-refractivity contribution in [1.82, 2.24) is 0 Å². The Bertz CT molecular complexity index is 727. The first kappa shape index (κ1) is 46.4. The Labute approximate surface area is 299 Å². The zero-order valence-electron chi connectivity index (χ0n) is 32.3. The Hall–Kier alpha value is -1.58. The zero-order chi connectivity index (χ0) is 35.0. The topological polar surface area (TPSA) is 63.6 Å². The maximum absolute atomic E-state index is 12.7. The summed E-state index contributed by atoms with van der Waals surface area (Å²) < 4.78 is 6.02. The zero-order valence-corrected chi connectivity index (χ0v) is 32.3. The van der Waals surface area contributed by atoms with Crippen molar-refractivity contribution in [3.8, 4) is 0 Å². The van der Waals surface area contributed by atoms with Crippen molar-refractivity contribution in [3.05, 3.63) is 24.3 Å². The number of rotatable bonds is 39. The van der Waals surface area contributed by atoms with Crippen molar-refractivity contribution in [1.29, 1.82) is 0 Å². The number of carbonyl (C=O) groups excluding carboxylic acids is 1. The number of carboxylic acid groups (broad SMARTS) is 1. The number of aliphatic carboxylic acids is 1. The summed E-state index contributed by atoms with van der Waals surface area (Å²) in [5.74, 6) is -0.666. The molecule has 0 aromatic rings. The fraction of sp³-hybridized carbons (Fsp3) is 0.864. The number of ether oxygens (including phenoxy) is 1. The molecule has 0 aliphatic rings. The molecule has 0 radical (unpaired) electrons.